The van der Waals surface area contributed by atoms with Gasteiger partial charge in [0.25, 0.3) is 0 Å². The summed E-state index contributed by atoms with van der Waals surface area (Å²) >= 11 is 0. The molecule has 80 valence electrons. The van der Waals surface area contributed by atoms with Crippen molar-refractivity contribution in [1.29, 1.82) is 0 Å². The topological polar surface area (TPSA) is 25.2 Å². The van der Waals surface area contributed by atoms with Gasteiger partial charge in [-0.15, -0.1) is 0 Å². The summed E-state index contributed by atoms with van der Waals surface area (Å²) in [4.78, 5) is 0. The molecule has 0 aliphatic heterocycles. The average molecular weight is 203 g/mol. The first kappa shape index (κ1) is 10.1. The maximum absolute atomic E-state index is 5.74. The number of anilines is 1. The van der Waals surface area contributed by atoms with E-state index >= 15 is 0 Å². The Hall–Kier alpha value is -1.44. The molecule has 1 heterocycles. The van der Waals surface area contributed by atoms with Crippen molar-refractivity contribution in [3.8, 4) is 0 Å². The number of hydrogen-bond acceptors (Lipinski definition) is 2. The van der Waals surface area contributed by atoms with E-state index in [0.717, 1.165) is 17.0 Å². The fraction of sp³-hybridized carbons (Fsp3) is 0.385. The summed E-state index contributed by atoms with van der Waals surface area (Å²) < 4.78 is 5.74. The number of aryl methyl sites for hydroxylation is 3. The molecule has 0 aliphatic carbocycles. The van der Waals surface area contributed by atoms with E-state index in [1.807, 2.05) is 14.0 Å². The zero-order valence-electron chi connectivity index (χ0n) is 9.99. The van der Waals surface area contributed by atoms with Crippen molar-refractivity contribution in [1.82, 2.24) is 0 Å². The van der Waals surface area contributed by atoms with Crippen LogP contribution in [0, 0.1) is 27.7 Å². The molecular weight excluding hydrogens is 186 g/mol. The van der Waals surface area contributed by atoms with E-state index in [1.165, 1.54) is 22.1 Å². The molecule has 0 aliphatic rings. The summed E-state index contributed by atoms with van der Waals surface area (Å²) in [6.07, 6.45) is 0. The number of furan rings is 1. The van der Waals surface area contributed by atoms with Crippen LogP contribution in [0.15, 0.2) is 10.5 Å². The summed E-state index contributed by atoms with van der Waals surface area (Å²) in [5, 5.41) is 4.46. The van der Waals surface area contributed by atoms with Crippen molar-refractivity contribution < 1.29 is 4.42 Å². The van der Waals surface area contributed by atoms with Gasteiger partial charge >= 0.3 is 0 Å². The molecule has 0 fully saturated rings. The Kier molecular flexibility index (Phi) is 2.22. The highest BCUT2D eigenvalue weighted by atomic mass is 16.3. The minimum absolute atomic E-state index is 0.984. The van der Waals surface area contributed by atoms with Crippen molar-refractivity contribution in [3.63, 3.8) is 0 Å². The summed E-state index contributed by atoms with van der Waals surface area (Å²) in [6, 6.07) is 2.08. The van der Waals surface area contributed by atoms with Gasteiger partial charge in [-0.2, -0.15) is 0 Å². The third kappa shape index (κ3) is 1.32. The fourth-order valence-corrected chi connectivity index (χ4v) is 2.11. The summed E-state index contributed by atoms with van der Waals surface area (Å²) in [5.74, 6) is 1.01. The van der Waals surface area contributed by atoms with Crippen molar-refractivity contribution >= 4 is 16.7 Å². The molecule has 15 heavy (non-hydrogen) atoms. The predicted molar refractivity (Wildman–Crippen MR) is 64.7 cm³/mol. The maximum Gasteiger partial charge on any atom is 0.136 e. The molecule has 1 aromatic heterocycles. The second kappa shape index (κ2) is 3.30. The van der Waals surface area contributed by atoms with Crippen molar-refractivity contribution in [2.75, 3.05) is 12.4 Å². The molecule has 2 aromatic rings. The van der Waals surface area contributed by atoms with E-state index < -0.39 is 0 Å². The fourth-order valence-electron chi connectivity index (χ4n) is 2.11. The molecule has 0 amide bonds. The van der Waals surface area contributed by atoms with E-state index in [9.17, 15) is 0 Å². The SMILES string of the molecule is CNc1cc2oc(C)c(C)c2c(C)c1C. The van der Waals surface area contributed by atoms with Gasteiger partial charge in [0.15, 0.2) is 0 Å². The molecule has 0 bridgehead atoms. The third-order valence-electron chi connectivity index (χ3n) is 3.30. The van der Waals surface area contributed by atoms with Crippen LogP contribution in [-0.2, 0) is 0 Å². The second-order valence-electron chi connectivity index (χ2n) is 4.08. The van der Waals surface area contributed by atoms with Crippen LogP contribution in [0.3, 0.4) is 0 Å². The lowest BCUT2D eigenvalue weighted by atomic mass is 10.0. The van der Waals surface area contributed by atoms with Gasteiger partial charge in [0.2, 0.25) is 0 Å². The van der Waals surface area contributed by atoms with Crippen LogP contribution < -0.4 is 5.32 Å². The van der Waals surface area contributed by atoms with Crippen LogP contribution in [0.5, 0.6) is 0 Å². The van der Waals surface area contributed by atoms with Gasteiger partial charge < -0.3 is 9.73 Å². The van der Waals surface area contributed by atoms with Crippen LogP contribution in [0.1, 0.15) is 22.5 Å². The zero-order valence-corrected chi connectivity index (χ0v) is 9.99. The minimum Gasteiger partial charge on any atom is -0.461 e. The first-order valence-corrected chi connectivity index (χ1v) is 5.24. The Bertz CT molecular complexity index is 523. The van der Waals surface area contributed by atoms with Crippen LogP contribution in [0.2, 0.25) is 0 Å². The van der Waals surface area contributed by atoms with Crippen LogP contribution >= 0.6 is 0 Å². The highest BCUT2D eigenvalue weighted by molar-refractivity contribution is 5.90. The quantitative estimate of drug-likeness (QED) is 0.764. The van der Waals surface area contributed by atoms with Gasteiger partial charge in [-0.05, 0) is 44.4 Å². The lowest BCUT2D eigenvalue weighted by molar-refractivity contribution is 0.575. The van der Waals surface area contributed by atoms with E-state index in [1.54, 1.807) is 0 Å². The van der Waals surface area contributed by atoms with Crippen molar-refractivity contribution in [2.45, 2.75) is 27.7 Å². The third-order valence-corrected chi connectivity index (χ3v) is 3.30. The molecule has 2 nitrogen and oxygen atoms in total. The molecular formula is C13H17NO. The smallest absolute Gasteiger partial charge is 0.136 e. The van der Waals surface area contributed by atoms with Gasteiger partial charge in [0.1, 0.15) is 11.3 Å². The predicted octanol–water partition coefficient (Wildman–Crippen LogP) is 3.71. The molecule has 0 atom stereocenters. The van der Waals surface area contributed by atoms with Gasteiger partial charge in [0, 0.05) is 24.2 Å². The Labute approximate surface area is 90.3 Å². The summed E-state index contributed by atoms with van der Waals surface area (Å²) in [7, 11) is 1.94. The highest BCUT2D eigenvalue weighted by Crippen LogP contribution is 2.33. The van der Waals surface area contributed by atoms with Crippen molar-refractivity contribution in [3.05, 3.63) is 28.5 Å². The number of nitrogens with one attached hydrogen (secondary N) is 1. The Morgan fingerprint density at radius 2 is 1.67 bits per heavy atom. The summed E-state index contributed by atoms with van der Waals surface area (Å²) in [5.41, 5.74) is 6.00. The van der Waals surface area contributed by atoms with Crippen LogP contribution in [-0.4, -0.2) is 7.05 Å². The van der Waals surface area contributed by atoms with Crippen LogP contribution in [0.25, 0.3) is 11.0 Å². The molecule has 0 unspecified atom stereocenters. The second-order valence-corrected chi connectivity index (χ2v) is 4.08. The normalized spacial score (nSPS) is 11.0. The van der Waals surface area contributed by atoms with E-state index in [-0.39, 0.29) is 0 Å². The largest absolute Gasteiger partial charge is 0.461 e. The van der Waals surface area contributed by atoms with E-state index in [4.69, 9.17) is 4.42 Å². The molecule has 2 rings (SSSR count). The van der Waals surface area contributed by atoms with E-state index in [0.29, 0.717) is 0 Å². The summed E-state index contributed by atoms with van der Waals surface area (Å²) in [6.45, 7) is 8.43. The Morgan fingerprint density at radius 1 is 1.00 bits per heavy atom. The van der Waals surface area contributed by atoms with E-state index in [2.05, 4.69) is 32.2 Å². The molecule has 2 heteroatoms. The molecule has 0 saturated heterocycles. The molecule has 1 N–H and O–H groups in total. The number of fused-ring (bicyclic) bond motifs is 1. The molecule has 0 radical (unpaired) electrons. The van der Waals surface area contributed by atoms with Gasteiger partial charge in [-0.3, -0.25) is 0 Å². The van der Waals surface area contributed by atoms with Gasteiger partial charge in [-0.25, -0.2) is 0 Å². The van der Waals surface area contributed by atoms with Gasteiger partial charge in [0.05, 0.1) is 0 Å². The molecule has 0 saturated carbocycles. The minimum atomic E-state index is 0.984. The highest BCUT2D eigenvalue weighted by Gasteiger charge is 2.13. The standard InChI is InChI=1S/C13H17NO/c1-7-8(2)13-9(3)10(4)15-12(13)6-11(7)14-5/h6,14H,1-5H3. The molecule has 1 aromatic carbocycles. The first-order valence-electron chi connectivity index (χ1n) is 5.24. The Morgan fingerprint density at radius 3 is 2.27 bits per heavy atom. The number of benzene rings is 1. The number of rotatable bonds is 1. The van der Waals surface area contributed by atoms with Crippen molar-refractivity contribution in [2.24, 2.45) is 0 Å². The van der Waals surface area contributed by atoms with Gasteiger partial charge in [-0.1, -0.05) is 0 Å². The lowest BCUT2D eigenvalue weighted by Crippen LogP contribution is -1.94. The zero-order chi connectivity index (χ0) is 11.2. The number of hydrogen-bond donors (Lipinski definition) is 1. The Balaban J connectivity index is 2.91. The molecule has 0 spiro atoms. The average Bonchev–Trinajstić information content (AvgIpc) is 2.49. The first-order chi connectivity index (χ1) is 7.06. The maximum atomic E-state index is 5.74. The lowest BCUT2D eigenvalue weighted by Gasteiger charge is -2.09. The van der Waals surface area contributed by atoms with Crippen LogP contribution in [0.4, 0.5) is 5.69 Å². The monoisotopic (exact) mass is 203 g/mol.